The van der Waals surface area contributed by atoms with Gasteiger partial charge in [-0.25, -0.2) is 0 Å². The Labute approximate surface area is 163 Å². The van der Waals surface area contributed by atoms with Crippen LogP contribution in [0, 0.1) is 0 Å². The van der Waals surface area contributed by atoms with Crippen molar-refractivity contribution in [2.75, 3.05) is 26.7 Å². The Balaban J connectivity index is 1.60. The highest BCUT2D eigenvalue weighted by Crippen LogP contribution is 2.27. The van der Waals surface area contributed by atoms with Gasteiger partial charge >= 0.3 is 0 Å². The summed E-state index contributed by atoms with van der Waals surface area (Å²) in [6, 6.07) is 19.5. The standard InChI is InChI=1S/C21H21ClN4O/c1-25-11-12-26(20(14-25)16-5-3-2-4-6-16)21(27)19-13-18(23-24-19)15-7-9-17(22)10-8-15/h2-10,13,20H,11-12,14H2,1H3,(H,23,24)/t20-/m1/s1. The van der Waals surface area contributed by atoms with E-state index in [0.29, 0.717) is 17.3 Å². The largest absolute Gasteiger partial charge is 0.328 e. The number of piperazine rings is 1. The van der Waals surface area contributed by atoms with Gasteiger partial charge in [0.2, 0.25) is 0 Å². The Hall–Kier alpha value is -2.63. The third-order valence-electron chi connectivity index (χ3n) is 4.98. The maximum atomic E-state index is 13.2. The molecular formula is C21H21ClN4O. The number of hydrogen-bond acceptors (Lipinski definition) is 3. The first-order chi connectivity index (χ1) is 13.1. The van der Waals surface area contributed by atoms with E-state index in [1.165, 1.54) is 0 Å². The van der Waals surface area contributed by atoms with Gasteiger partial charge in [0.25, 0.3) is 5.91 Å². The Morgan fingerprint density at radius 2 is 1.85 bits per heavy atom. The first kappa shape index (κ1) is 17.8. The molecule has 1 saturated heterocycles. The summed E-state index contributed by atoms with van der Waals surface area (Å²) < 4.78 is 0. The van der Waals surface area contributed by atoms with Crippen molar-refractivity contribution in [3.05, 3.63) is 76.9 Å². The van der Waals surface area contributed by atoms with Gasteiger partial charge in [0, 0.05) is 30.2 Å². The predicted molar refractivity (Wildman–Crippen MR) is 107 cm³/mol. The van der Waals surface area contributed by atoms with Crippen LogP contribution in [0.2, 0.25) is 5.02 Å². The molecule has 1 aliphatic heterocycles. The fourth-order valence-corrected chi connectivity index (χ4v) is 3.60. The number of aromatic amines is 1. The van der Waals surface area contributed by atoms with Crippen molar-refractivity contribution in [1.29, 1.82) is 0 Å². The second-order valence-corrected chi connectivity index (χ2v) is 7.30. The number of carbonyl (C=O) groups is 1. The number of benzene rings is 2. The molecule has 27 heavy (non-hydrogen) atoms. The molecule has 6 heteroatoms. The van der Waals surface area contributed by atoms with Crippen LogP contribution in [-0.2, 0) is 0 Å². The monoisotopic (exact) mass is 380 g/mol. The molecule has 4 rings (SSSR count). The van der Waals surface area contributed by atoms with Crippen LogP contribution >= 0.6 is 11.6 Å². The number of carbonyl (C=O) groups excluding carboxylic acids is 1. The molecule has 1 atom stereocenters. The van der Waals surface area contributed by atoms with Crippen molar-refractivity contribution < 1.29 is 4.79 Å². The molecule has 2 aromatic carbocycles. The van der Waals surface area contributed by atoms with Gasteiger partial charge in [-0.1, -0.05) is 54.1 Å². The molecular weight excluding hydrogens is 360 g/mol. The highest BCUT2D eigenvalue weighted by atomic mass is 35.5. The number of nitrogens with one attached hydrogen (secondary N) is 1. The summed E-state index contributed by atoms with van der Waals surface area (Å²) in [5.41, 5.74) is 3.31. The third-order valence-corrected chi connectivity index (χ3v) is 5.23. The summed E-state index contributed by atoms with van der Waals surface area (Å²) in [6.07, 6.45) is 0. The first-order valence-corrected chi connectivity index (χ1v) is 9.35. The van der Waals surface area contributed by atoms with E-state index in [1.54, 1.807) is 0 Å². The zero-order valence-corrected chi connectivity index (χ0v) is 15.9. The lowest BCUT2D eigenvalue weighted by Gasteiger charge is -2.40. The smallest absolute Gasteiger partial charge is 0.272 e. The normalized spacial score (nSPS) is 17.9. The summed E-state index contributed by atoms with van der Waals surface area (Å²) in [4.78, 5) is 17.4. The van der Waals surface area contributed by atoms with Crippen molar-refractivity contribution in [3.63, 3.8) is 0 Å². The number of hydrogen-bond donors (Lipinski definition) is 1. The van der Waals surface area contributed by atoms with E-state index in [-0.39, 0.29) is 11.9 Å². The van der Waals surface area contributed by atoms with Crippen LogP contribution < -0.4 is 0 Å². The lowest BCUT2D eigenvalue weighted by molar-refractivity contribution is 0.0492. The van der Waals surface area contributed by atoms with Crippen LogP contribution in [0.15, 0.2) is 60.7 Å². The van der Waals surface area contributed by atoms with E-state index in [2.05, 4.69) is 34.3 Å². The van der Waals surface area contributed by atoms with Gasteiger partial charge in [0.1, 0.15) is 5.69 Å². The van der Waals surface area contributed by atoms with Gasteiger partial charge < -0.3 is 9.80 Å². The number of nitrogens with zero attached hydrogens (tertiary/aromatic N) is 3. The summed E-state index contributed by atoms with van der Waals surface area (Å²) in [5.74, 6) is -0.0235. The second kappa shape index (κ2) is 7.55. The average Bonchev–Trinajstić information content (AvgIpc) is 3.19. The minimum atomic E-state index is -0.0235. The molecule has 1 amide bonds. The van der Waals surface area contributed by atoms with Crippen molar-refractivity contribution in [2.24, 2.45) is 0 Å². The number of aromatic nitrogens is 2. The van der Waals surface area contributed by atoms with Crippen LogP contribution in [0.25, 0.3) is 11.3 Å². The molecule has 0 spiro atoms. The van der Waals surface area contributed by atoms with Crippen LogP contribution in [0.4, 0.5) is 0 Å². The van der Waals surface area contributed by atoms with Gasteiger partial charge in [0.15, 0.2) is 0 Å². The molecule has 0 radical (unpaired) electrons. The molecule has 3 aromatic rings. The minimum absolute atomic E-state index is 0.0235. The second-order valence-electron chi connectivity index (χ2n) is 6.86. The predicted octanol–water partition coefficient (Wildman–Crippen LogP) is 3.86. The van der Waals surface area contributed by atoms with E-state index in [4.69, 9.17) is 11.6 Å². The summed E-state index contributed by atoms with van der Waals surface area (Å²) in [6.45, 7) is 2.35. The van der Waals surface area contributed by atoms with Crippen LogP contribution in [0.5, 0.6) is 0 Å². The van der Waals surface area contributed by atoms with Crippen molar-refractivity contribution in [2.45, 2.75) is 6.04 Å². The Morgan fingerprint density at radius 1 is 1.11 bits per heavy atom. The molecule has 1 N–H and O–H groups in total. The third kappa shape index (κ3) is 3.75. The van der Waals surface area contributed by atoms with Gasteiger partial charge in [0.05, 0.1) is 11.7 Å². The Kier molecular flexibility index (Phi) is 4.97. The lowest BCUT2D eigenvalue weighted by Crippen LogP contribution is -2.49. The van der Waals surface area contributed by atoms with E-state index < -0.39 is 0 Å². The van der Waals surface area contributed by atoms with Gasteiger partial charge in [-0.2, -0.15) is 5.10 Å². The van der Waals surface area contributed by atoms with Gasteiger partial charge in [-0.15, -0.1) is 0 Å². The molecule has 1 aliphatic rings. The quantitative estimate of drug-likeness (QED) is 0.750. The lowest BCUT2D eigenvalue weighted by atomic mass is 10.0. The number of likely N-dealkylation sites (N-methyl/N-ethyl adjacent to an activating group) is 1. The summed E-state index contributed by atoms with van der Waals surface area (Å²) in [5, 5.41) is 7.90. The Bertz CT molecular complexity index is 923. The summed E-state index contributed by atoms with van der Waals surface area (Å²) >= 11 is 5.95. The fraction of sp³-hybridized carbons (Fsp3) is 0.238. The number of amides is 1. The topological polar surface area (TPSA) is 52.2 Å². The van der Waals surface area contributed by atoms with Crippen LogP contribution in [0.1, 0.15) is 22.1 Å². The van der Waals surface area contributed by atoms with Crippen molar-refractivity contribution in [1.82, 2.24) is 20.0 Å². The number of halogens is 1. The number of H-pyrrole nitrogens is 1. The molecule has 1 aromatic heterocycles. The van der Waals surface area contributed by atoms with Gasteiger partial charge in [-0.05, 0) is 30.8 Å². The molecule has 138 valence electrons. The van der Waals surface area contributed by atoms with E-state index >= 15 is 0 Å². The average molecular weight is 381 g/mol. The van der Waals surface area contributed by atoms with E-state index in [9.17, 15) is 4.79 Å². The summed E-state index contributed by atoms with van der Waals surface area (Å²) in [7, 11) is 2.09. The van der Waals surface area contributed by atoms with Crippen molar-refractivity contribution >= 4 is 17.5 Å². The first-order valence-electron chi connectivity index (χ1n) is 8.97. The molecule has 2 heterocycles. The zero-order chi connectivity index (χ0) is 18.8. The molecule has 0 aliphatic carbocycles. The van der Waals surface area contributed by atoms with E-state index in [0.717, 1.165) is 29.9 Å². The minimum Gasteiger partial charge on any atom is -0.328 e. The van der Waals surface area contributed by atoms with Crippen LogP contribution in [-0.4, -0.2) is 52.6 Å². The molecule has 5 nitrogen and oxygen atoms in total. The molecule has 0 saturated carbocycles. The maximum absolute atomic E-state index is 13.2. The highest BCUT2D eigenvalue weighted by Gasteiger charge is 2.31. The fourth-order valence-electron chi connectivity index (χ4n) is 3.48. The highest BCUT2D eigenvalue weighted by molar-refractivity contribution is 6.30. The maximum Gasteiger partial charge on any atom is 0.272 e. The van der Waals surface area contributed by atoms with Gasteiger partial charge in [-0.3, -0.25) is 9.89 Å². The zero-order valence-electron chi connectivity index (χ0n) is 15.1. The Morgan fingerprint density at radius 3 is 2.59 bits per heavy atom. The van der Waals surface area contributed by atoms with Crippen molar-refractivity contribution in [3.8, 4) is 11.3 Å². The number of rotatable bonds is 3. The molecule has 1 fully saturated rings. The SMILES string of the molecule is CN1CCN(C(=O)c2cc(-c3ccc(Cl)cc3)n[nH]2)[C@@H](c2ccccc2)C1. The molecule has 0 bridgehead atoms. The van der Waals surface area contributed by atoms with Crippen LogP contribution in [0.3, 0.4) is 0 Å². The van der Waals surface area contributed by atoms with E-state index in [1.807, 2.05) is 53.4 Å². The molecule has 0 unspecified atom stereocenters.